The summed E-state index contributed by atoms with van der Waals surface area (Å²) >= 11 is 0. The van der Waals surface area contributed by atoms with Crippen molar-refractivity contribution in [1.29, 1.82) is 0 Å². The first kappa shape index (κ1) is 45.7. The Bertz CT molecular complexity index is 1570. The summed E-state index contributed by atoms with van der Waals surface area (Å²) in [7, 11) is -11.6. The van der Waals surface area contributed by atoms with E-state index in [4.69, 9.17) is 37.3 Å². The fourth-order valence-corrected chi connectivity index (χ4v) is 9.17. The van der Waals surface area contributed by atoms with Gasteiger partial charge < -0.3 is 10.6 Å². The van der Waals surface area contributed by atoms with Crippen LogP contribution in [0.25, 0.3) is 0 Å². The van der Waals surface area contributed by atoms with Crippen molar-refractivity contribution in [3.05, 3.63) is 170 Å². The van der Waals surface area contributed by atoms with Crippen molar-refractivity contribution in [3.8, 4) is 0 Å². The number of anilines is 2. The first-order valence-electron chi connectivity index (χ1n) is 15.3. The van der Waals surface area contributed by atoms with E-state index in [2.05, 4.69) is 142 Å². The van der Waals surface area contributed by atoms with Crippen molar-refractivity contribution in [3.63, 3.8) is 0 Å². The quantitative estimate of drug-likeness (QED) is 0.104. The maximum Gasteiger partial charge on any atom is 2.00 e. The minimum Gasteiger partial charge on any atom is -0.338 e. The molecule has 0 atom stereocenters. The minimum absolute atomic E-state index is 0. The van der Waals surface area contributed by atoms with E-state index < -0.39 is 36.3 Å². The number of halogens is 2. The zero-order valence-electron chi connectivity index (χ0n) is 27.8. The molecule has 2 heterocycles. The summed E-state index contributed by atoms with van der Waals surface area (Å²) in [6, 6.07) is 54.9. The van der Waals surface area contributed by atoms with Crippen LogP contribution in [0.1, 0.15) is 0 Å². The number of rotatable bonds is 10. The largest absolute Gasteiger partial charge is 2.00 e. The molecule has 12 nitrogen and oxygen atoms in total. The Morgan fingerprint density at radius 1 is 0.377 bits per heavy atom. The summed E-state index contributed by atoms with van der Waals surface area (Å²) in [5, 5.41) is 12.6. The summed E-state index contributed by atoms with van der Waals surface area (Å²) in [5.74, 6) is 1.87. The van der Waals surface area contributed by atoms with Crippen LogP contribution in [0.3, 0.4) is 0 Å². The van der Waals surface area contributed by atoms with Crippen LogP contribution in [0, 0.1) is 20.5 Å². The fraction of sp³-hybridized carbons (Fsp3) is 0.0556. The number of benzene rings is 4. The molecule has 0 unspecified atom stereocenters. The topological polar surface area (TPSA) is 234 Å². The summed E-state index contributed by atoms with van der Waals surface area (Å²) < 4.78 is 67.9. The molecule has 6 rings (SSSR count). The molecule has 53 heavy (non-hydrogen) atoms. The predicted octanol–water partition coefficient (Wildman–Crippen LogP) is -2.88. The number of aromatic nitrogens is 2. The second kappa shape index (κ2) is 24.8. The molecule has 0 bridgehead atoms. The Morgan fingerprint density at radius 2 is 0.604 bits per heavy atom. The number of nitrogens with zero attached hydrogens (tertiary/aromatic N) is 2. The van der Waals surface area contributed by atoms with Crippen LogP contribution in [0.2, 0.25) is 0 Å². The molecule has 0 aliphatic heterocycles. The number of pyridine rings is 2. The van der Waals surface area contributed by atoms with Crippen molar-refractivity contribution in [1.82, 2.24) is 9.97 Å². The molecular formula is C36H36Cl2N4O8P2Pd+2. The molecule has 0 amide bonds. The second-order valence-corrected chi connectivity index (χ2v) is 16.8. The Morgan fingerprint density at radius 3 is 0.811 bits per heavy atom. The van der Waals surface area contributed by atoms with E-state index in [0.717, 1.165) is 24.2 Å². The normalized spacial score (nSPS) is 10.6. The molecule has 2 N–H and O–H groups in total. The van der Waals surface area contributed by atoms with Crippen LogP contribution in [0.4, 0.5) is 11.6 Å². The van der Waals surface area contributed by atoms with Gasteiger partial charge in [0.05, 0.1) is 37.1 Å². The van der Waals surface area contributed by atoms with Gasteiger partial charge in [-0.2, -0.15) is 0 Å². The first-order chi connectivity index (χ1) is 24.9. The molecule has 2 aromatic heterocycles. The Labute approximate surface area is 328 Å². The van der Waals surface area contributed by atoms with E-state index in [1.54, 1.807) is 0 Å². The summed E-state index contributed by atoms with van der Waals surface area (Å²) in [5.41, 5.74) is 0. The third kappa shape index (κ3) is 21.1. The van der Waals surface area contributed by atoms with Gasteiger partial charge in [-0.1, -0.05) is 84.9 Å². The zero-order valence-corrected chi connectivity index (χ0v) is 32.9. The van der Waals surface area contributed by atoms with Crippen molar-refractivity contribution < 1.29 is 78.2 Å². The predicted molar refractivity (Wildman–Crippen MR) is 186 cm³/mol. The molecule has 0 aliphatic rings. The third-order valence-corrected chi connectivity index (χ3v) is 11.9. The van der Waals surface area contributed by atoms with Crippen LogP contribution in [-0.2, 0) is 20.4 Å². The standard InChI is InChI=1S/2C18H17N2P.2ClHO4.Pd/c2*1-3-9-16(10-4-1)21(17-11-5-2-6-12-17)15-20-18-13-7-8-14-19-18;2*2-1(3,4)5;/h2*1-14H,15H2,(H,19,20);2*(H,2,3,4,5);/q;;;;+2. The van der Waals surface area contributed by atoms with Gasteiger partial charge in [0.2, 0.25) is 0 Å². The monoisotopic (exact) mass is 890 g/mol. The van der Waals surface area contributed by atoms with Crippen LogP contribution in [-0.4, -0.2) is 22.5 Å². The van der Waals surface area contributed by atoms with Gasteiger partial charge in [-0.3, -0.25) is 0 Å². The van der Waals surface area contributed by atoms with Gasteiger partial charge in [0.25, 0.3) is 0 Å². The first-order valence-corrected chi connectivity index (χ1v) is 21.2. The van der Waals surface area contributed by atoms with E-state index in [1.807, 2.05) is 48.8 Å². The van der Waals surface area contributed by atoms with Gasteiger partial charge in [0, 0.05) is 12.4 Å². The van der Waals surface area contributed by atoms with Crippen molar-refractivity contribution >= 4 is 48.7 Å². The maximum absolute atomic E-state index is 8.49. The van der Waals surface area contributed by atoms with Gasteiger partial charge in [0.1, 0.15) is 24.2 Å². The number of hydrogen-bond acceptors (Lipinski definition) is 12. The van der Waals surface area contributed by atoms with E-state index in [0.29, 0.717) is 0 Å². The van der Waals surface area contributed by atoms with Gasteiger partial charge in [-0.05, 0) is 72.8 Å². The average molecular weight is 892 g/mol. The number of nitrogens with one attached hydrogen (secondary N) is 2. The van der Waals surface area contributed by atoms with Crippen LogP contribution in [0.15, 0.2) is 170 Å². The number of hydrogen-bond donors (Lipinski definition) is 2. The molecule has 17 heteroatoms. The van der Waals surface area contributed by atoms with Gasteiger partial charge in [0.15, 0.2) is 0 Å². The van der Waals surface area contributed by atoms with Gasteiger partial charge in [-0.25, -0.2) is 47.2 Å². The van der Waals surface area contributed by atoms with Crippen molar-refractivity contribution in [2.24, 2.45) is 0 Å². The molecule has 0 aliphatic carbocycles. The Hall–Kier alpha value is -3.44. The molecule has 280 valence electrons. The molecule has 4 aromatic carbocycles. The smallest absolute Gasteiger partial charge is 0.338 e. The molecule has 0 spiro atoms. The van der Waals surface area contributed by atoms with Crippen molar-refractivity contribution in [2.75, 3.05) is 23.2 Å². The van der Waals surface area contributed by atoms with E-state index >= 15 is 0 Å². The fourth-order valence-electron chi connectivity index (χ4n) is 4.59. The average Bonchev–Trinajstić information content (AvgIpc) is 3.13. The zero-order chi connectivity index (χ0) is 37.7. The molecular weight excluding hydrogens is 856 g/mol. The minimum atomic E-state index is -4.94. The Kier molecular flexibility index (Phi) is 21.4. The van der Waals surface area contributed by atoms with E-state index in [-0.39, 0.29) is 20.4 Å². The molecule has 0 radical (unpaired) electrons. The second-order valence-electron chi connectivity index (χ2n) is 10.3. The summed E-state index contributed by atoms with van der Waals surface area (Å²) in [6.07, 6.45) is 5.49. The molecule has 0 saturated heterocycles. The molecule has 0 fully saturated rings. The van der Waals surface area contributed by atoms with E-state index in [9.17, 15) is 0 Å². The van der Waals surface area contributed by atoms with Crippen LogP contribution in [0.5, 0.6) is 0 Å². The molecule has 0 saturated carbocycles. The molecule has 6 aromatic rings. The summed E-state index contributed by atoms with van der Waals surface area (Å²) in [6.45, 7) is 0. The maximum atomic E-state index is 8.49. The third-order valence-electron chi connectivity index (χ3n) is 6.71. The Balaban J connectivity index is 0.000000289. The summed E-state index contributed by atoms with van der Waals surface area (Å²) in [4.78, 5) is 8.69. The SMILES string of the molecule is [O-][Cl+3]([O-])([O-])[O-].[O-][Cl+3]([O-])([O-])[O-].[Pd+2].c1ccc([PH+](CNc2ccccn2)c2ccccc2)cc1.c1ccc([PH+](CNc2ccccn2)c2ccccc2)cc1. The van der Waals surface area contributed by atoms with Gasteiger partial charge in [-0.15, -0.1) is 20.5 Å². The van der Waals surface area contributed by atoms with Crippen LogP contribution < -0.4 is 69.1 Å². The van der Waals surface area contributed by atoms with Crippen molar-refractivity contribution in [2.45, 2.75) is 0 Å². The van der Waals surface area contributed by atoms with Gasteiger partial charge >= 0.3 is 20.4 Å². The van der Waals surface area contributed by atoms with E-state index in [1.165, 1.54) is 21.2 Å². The van der Waals surface area contributed by atoms with Crippen LogP contribution >= 0.6 is 15.8 Å².